The zero-order valence-electron chi connectivity index (χ0n) is 9.04. The van der Waals surface area contributed by atoms with Gasteiger partial charge < -0.3 is 0 Å². The van der Waals surface area contributed by atoms with E-state index in [-0.39, 0.29) is 5.41 Å². The van der Waals surface area contributed by atoms with Gasteiger partial charge in [0.15, 0.2) is 0 Å². The molecule has 0 saturated carbocycles. The lowest BCUT2D eigenvalue weighted by Crippen LogP contribution is -2.24. The van der Waals surface area contributed by atoms with Gasteiger partial charge in [0.2, 0.25) is 0 Å². The minimum atomic E-state index is -0.306. The van der Waals surface area contributed by atoms with E-state index in [1.54, 1.807) is 0 Å². The van der Waals surface area contributed by atoms with Crippen molar-refractivity contribution < 1.29 is 0 Å². The SMILES string of the molecule is CCC[C@@](C#N)(CCBr)c1ccccc1. The molecule has 1 nitrogen and oxygen atoms in total. The quantitative estimate of drug-likeness (QED) is 0.738. The fourth-order valence-corrected chi connectivity index (χ4v) is 2.61. The van der Waals surface area contributed by atoms with Gasteiger partial charge >= 0.3 is 0 Å². The third-order valence-electron chi connectivity index (χ3n) is 2.74. The summed E-state index contributed by atoms with van der Waals surface area (Å²) in [6.45, 7) is 2.13. The zero-order valence-corrected chi connectivity index (χ0v) is 10.6. The Balaban J connectivity index is 3.05. The van der Waals surface area contributed by atoms with Gasteiger partial charge in [0, 0.05) is 5.33 Å². The molecule has 80 valence electrons. The molecule has 0 aliphatic rings. The van der Waals surface area contributed by atoms with E-state index in [0.717, 1.165) is 30.2 Å². The van der Waals surface area contributed by atoms with Crippen LogP contribution in [-0.4, -0.2) is 5.33 Å². The Morgan fingerprint density at radius 2 is 1.93 bits per heavy atom. The van der Waals surface area contributed by atoms with Crippen LogP contribution in [0.15, 0.2) is 30.3 Å². The second-order valence-corrected chi connectivity index (χ2v) is 4.54. The summed E-state index contributed by atoms with van der Waals surface area (Å²) in [4.78, 5) is 0. The van der Waals surface area contributed by atoms with Crippen molar-refractivity contribution in [2.24, 2.45) is 0 Å². The van der Waals surface area contributed by atoms with Crippen LogP contribution in [0.1, 0.15) is 31.7 Å². The molecule has 1 atom stereocenters. The number of nitrogens with zero attached hydrogens (tertiary/aromatic N) is 1. The highest BCUT2D eigenvalue weighted by Gasteiger charge is 2.30. The second kappa shape index (κ2) is 5.92. The average Bonchev–Trinajstić information content (AvgIpc) is 2.30. The first-order valence-corrected chi connectivity index (χ1v) is 6.44. The molecule has 0 bridgehead atoms. The molecular formula is C13H16BrN. The smallest absolute Gasteiger partial charge is 0.0830 e. The average molecular weight is 266 g/mol. The van der Waals surface area contributed by atoms with Crippen LogP contribution in [0.4, 0.5) is 0 Å². The summed E-state index contributed by atoms with van der Waals surface area (Å²) in [5.74, 6) is 0. The molecule has 0 heterocycles. The number of benzene rings is 1. The number of nitriles is 1. The van der Waals surface area contributed by atoms with Crippen molar-refractivity contribution in [3.63, 3.8) is 0 Å². The fourth-order valence-electron chi connectivity index (χ4n) is 1.94. The first kappa shape index (κ1) is 12.3. The lowest BCUT2D eigenvalue weighted by molar-refractivity contribution is 0.484. The molecular weight excluding hydrogens is 250 g/mol. The Kier molecular flexibility index (Phi) is 4.84. The van der Waals surface area contributed by atoms with Gasteiger partial charge in [0.05, 0.1) is 11.5 Å². The molecule has 0 radical (unpaired) electrons. The van der Waals surface area contributed by atoms with Gasteiger partial charge in [-0.1, -0.05) is 59.6 Å². The molecule has 0 aliphatic heterocycles. The van der Waals surface area contributed by atoms with Crippen LogP contribution < -0.4 is 0 Å². The molecule has 1 aromatic rings. The number of halogens is 1. The second-order valence-electron chi connectivity index (χ2n) is 3.75. The lowest BCUT2D eigenvalue weighted by Gasteiger charge is -2.25. The highest BCUT2D eigenvalue weighted by Crippen LogP contribution is 2.32. The molecule has 0 aromatic heterocycles. The van der Waals surface area contributed by atoms with Crippen molar-refractivity contribution in [2.75, 3.05) is 5.33 Å². The predicted octanol–water partition coefficient (Wildman–Crippen LogP) is 4.03. The van der Waals surface area contributed by atoms with Crippen LogP contribution in [0.5, 0.6) is 0 Å². The topological polar surface area (TPSA) is 23.8 Å². The van der Waals surface area contributed by atoms with E-state index in [2.05, 4.69) is 41.1 Å². The summed E-state index contributed by atoms with van der Waals surface area (Å²) in [5, 5.41) is 10.3. The number of alkyl halides is 1. The molecule has 0 saturated heterocycles. The van der Waals surface area contributed by atoms with Gasteiger partial charge in [-0.25, -0.2) is 0 Å². The highest BCUT2D eigenvalue weighted by atomic mass is 79.9. The van der Waals surface area contributed by atoms with Crippen molar-refractivity contribution in [3.05, 3.63) is 35.9 Å². The number of rotatable bonds is 5. The van der Waals surface area contributed by atoms with E-state index in [0.29, 0.717) is 0 Å². The third-order valence-corrected chi connectivity index (χ3v) is 3.13. The maximum atomic E-state index is 9.42. The Bertz CT molecular complexity index is 320. The first-order chi connectivity index (χ1) is 7.29. The fraction of sp³-hybridized carbons (Fsp3) is 0.462. The van der Waals surface area contributed by atoms with Crippen LogP contribution in [0, 0.1) is 11.3 Å². The van der Waals surface area contributed by atoms with E-state index in [4.69, 9.17) is 0 Å². The van der Waals surface area contributed by atoms with Gasteiger partial charge in [0.1, 0.15) is 0 Å². The molecule has 0 spiro atoms. The molecule has 0 unspecified atom stereocenters. The summed E-state index contributed by atoms with van der Waals surface area (Å²) in [6.07, 6.45) is 2.84. The molecule has 0 N–H and O–H groups in total. The standard InChI is InChI=1S/C13H16BrN/c1-2-8-13(11-15,9-10-14)12-6-4-3-5-7-12/h3-7H,2,8-10H2,1H3/t13-/m0/s1. The Labute approximate surface area is 100 Å². The van der Waals surface area contributed by atoms with Crippen molar-refractivity contribution in [1.82, 2.24) is 0 Å². The van der Waals surface area contributed by atoms with Crippen LogP contribution in [0.2, 0.25) is 0 Å². The molecule has 1 rings (SSSR count). The molecule has 2 heteroatoms. The normalized spacial score (nSPS) is 14.2. The maximum Gasteiger partial charge on any atom is 0.0830 e. The summed E-state index contributed by atoms with van der Waals surface area (Å²) < 4.78 is 0. The van der Waals surface area contributed by atoms with E-state index >= 15 is 0 Å². The van der Waals surface area contributed by atoms with Crippen LogP contribution in [-0.2, 0) is 5.41 Å². The van der Waals surface area contributed by atoms with Crippen LogP contribution in [0.3, 0.4) is 0 Å². The Morgan fingerprint density at radius 1 is 1.27 bits per heavy atom. The molecule has 1 aromatic carbocycles. The van der Waals surface area contributed by atoms with Gasteiger partial charge in [0.25, 0.3) is 0 Å². The minimum Gasteiger partial charge on any atom is -0.197 e. The van der Waals surface area contributed by atoms with Crippen molar-refractivity contribution in [1.29, 1.82) is 5.26 Å². The number of hydrogen-bond acceptors (Lipinski definition) is 1. The zero-order chi connectivity index (χ0) is 11.1. The van der Waals surface area contributed by atoms with E-state index in [1.807, 2.05) is 18.2 Å². The maximum absolute atomic E-state index is 9.42. The van der Waals surface area contributed by atoms with Crippen molar-refractivity contribution in [3.8, 4) is 6.07 Å². The monoisotopic (exact) mass is 265 g/mol. The highest BCUT2D eigenvalue weighted by molar-refractivity contribution is 9.09. The van der Waals surface area contributed by atoms with Gasteiger partial charge in [-0.2, -0.15) is 5.26 Å². The molecule has 0 aliphatic carbocycles. The van der Waals surface area contributed by atoms with Gasteiger partial charge in [-0.15, -0.1) is 0 Å². The lowest BCUT2D eigenvalue weighted by atomic mass is 9.76. The third kappa shape index (κ3) is 2.82. The van der Waals surface area contributed by atoms with E-state index in [9.17, 15) is 5.26 Å². The summed E-state index contributed by atoms with van der Waals surface area (Å²) in [5.41, 5.74) is 0.841. The summed E-state index contributed by atoms with van der Waals surface area (Å²) in [7, 11) is 0. The van der Waals surface area contributed by atoms with Gasteiger partial charge in [-0.05, 0) is 18.4 Å². The number of hydrogen-bond donors (Lipinski definition) is 0. The summed E-state index contributed by atoms with van der Waals surface area (Å²) >= 11 is 3.44. The predicted molar refractivity (Wildman–Crippen MR) is 67.1 cm³/mol. The first-order valence-electron chi connectivity index (χ1n) is 5.32. The van der Waals surface area contributed by atoms with Crippen LogP contribution in [0.25, 0.3) is 0 Å². The van der Waals surface area contributed by atoms with E-state index in [1.165, 1.54) is 0 Å². The van der Waals surface area contributed by atoms with E-state index < -0.39 is 0 Å². The molecule has 0 amide bonds. The Morgan fingerprint density at radius 3 is 2.40 bits per heavy atom. The Hall–Kier alpha value is -0.810. The molecule has 15 heavy (non-hydrogen) atoms. The van der Waals surface area contributed by atoms with Crippen molar-refractivity contribution >= 4 is 15.9 Å². The minimum absolute atomic E-state index is 0.306. The molecule has 0 fully saturated rings. The largest absolute Gasteiger partial charge is 0.197 e. The van der Waals surface area contributed by atoms with Crippen molar-refractivity contribution in [2.45, 2.75) is 31.6 Å². The summed E-state index contributed by atoms with van der Waals surface area (Å²) in [6, 6.07) is 12.6. The van der Waals surface area contributed by atoms with Gasteiger partial charge in [-0.3, -0.25) is 0 Å². The van der Waals surface area contributed by atoms with Crippen LogP contribution >= 0.6 is 15.9 Å².